The second kappa shape index (κ2) is 17.8. The van der Waals surface area contributed by atoms with Crippen LogP contribution >= 0.6 is 23.2 Å². The van der Waals surface area contributed by atoms with E-state index in [2.05, 4.69) is 10.3 Å². The Labute approximate surface area is 359 Å². The average molecular weight is 853 g/mol. The van der Waals surface area contributed by atoms with Crippen LogP contribution < -0.4 is 19.5 Å². The van der Waals surface area contributed by atoms with Crippen LogP contribution in [0.5, 0.6) is 17.2 Å². The topological polar surface area (TPSA) is 137 Å². The van der Waals surface area contributed by atoms with E-state index in [4.69, 9.17) is 42.1 Å². The van der Waals surface area contributed by atoms with Crippen LogP contribution in [0.4, 0.5) is 4.79 Å². The molecule has 0 saturated heterocycles. The lowest BCUT2D eigenvalue weighted by Gasteiger charge is -2.37. The van der Waals surface area contributed by atoms with Crippen LogP contribution in [0.3, 0.4) is 0 Å². The number of aryl methyl sites for hydroxylation is 1. The highest BCUT2D eigenvalue weighted by atomic mass is 35.5. The molecule has 5 aromatic rings. The number of nitrogens with zero attached hydrogens (tertiary/aromatic N) is 2. The highest BCUT2D eigenvalue weighted by Crippen LogP contribution is 2.41. The van der Waals surface area contributed by atoms with Gasteiger partial charge in [-0.3, -0.25) is 14.7 Å². The third-order valence-electron chi connectivity index (χ3n) is 10.6. The number of aromatic nitrogens is 1. The molecule has 2 aliphatic heterocycles. The monoisotopic (exact) mass is 851 g/mol. The number of pyridine rings is 1. The summed E-state index contributed by atoms with van der Waals surface area (Å²) in [4.78, 5) is 46.1. The molecule has 1 aromatic heterocycles. The number of hydrogen-bond acceptors (Lipinski definition) is 8. The molecular formula is C47H47Cl2N3O8. The molecule has 2 aliphatic rings. The van der Waals surface area contributed by atoms with Gasteiger partial charge in [0, 0.05) is 24.7 Å². The molecule has 0 unspecified atom stereocenters. The maximum Gasteiger partial charge on any atom is 0.410 e. The highest BCUT2D eigenvalue weighted by molar-refractivity contribution is 6.42. The SMILES string of the molecule is Cc1nccc(-c2ccc(C[C@H](NC(=O)[C@@H]3Cc4cc5c(cc4CN3C(=O)OCC(C)(C)C)O[C@@H](c3ccc(OCc4ccc(Cl)c(Cl)c4)cc3)CO5)C(=O)O)cc2)c1C. The third-order valence-corrected chi connectivity index (χ3v) is 11.4. The number of amides is 2. The Morgan fingerprint density at radius 3 is 2.33 bits per heavy atom. The van der Waals surface area contributed by atoms with Gasteiger partial charge in [0.25, 0.3) is 0 Å². The van der Waals surface area contributed by atoms with Gasteiger partial charge in [0.2, 0.25) is 5.91 Å². The van der Waals surface area contributed by atoms with Crippen molar-refractivity contribution in [1.82, 2.24) is 15.2 Å². The van der Waals surface area contributed by atoms with Crippen LogP contribution in [0.1, 0.15) is 65.9 Å². The lowest BCUT2D eigenvalue weighted by molar-refractivity contribution is -0.142. The summed E-state index contributed by atoms with van der Waals surface area (Å²) in [6.07, 6.45) is 0.833. The van der Waals surface area contributed by atoms with Crippen LogP contribution in [-0.2, 0) is 40.3 Å². The van der Waals surface area contributed by atoms with Gasteiger partial charge < -0.3 is 29.4 Å². The predicted molar refractivity (Wildman–Crippen MR) is 229 cm³/mol. The van der Waals surface area contributed by atoms with Gasteiger partial charge in [0.15, 0.2) is 17.6 Å². The fraction of sp³-hybridized carbons (Fsp3) is 0.319. The number of carbonyl (C=O) groups excluding carboxylic acids is 2. The first-order valence-electron chi connectivity index (χ1n) is 19.7. The number of hydrogen-bond donors (Lipinski definition) is 2. The Morgan fingerprint density at radius 2 is 1.63 bits per heavy atom. The maximum atomic E-state index is 14.1. The van der Waals surface area contributed by atoms with E-state index in [1.807, 2.05) is 107 Å². The Kier molecular flexibility index (Phi) is 12.6. The Bertz CT molecular complexity index is 2400. The Hall–Kier alpha value is -5.78. The molecule has 60 heavy (non-hydrogen) atoms. The van der Waals surface area contributed by atoms with Crippen molar-refractivity contribution >= 4 is 41.2 Å². The second-order valence-electron chi connectivity index (χ2n) is 16.4. The van der Waals surface area contributed by atoms with Crippen LogP contribution in [-0.4, -0.2) is 58.3 Å². The molecule has 11 nitrogen and oxygen atoms in total. The van der Waals surface area contributed by atoms with Crippen molar-refractivity contribution < 1.29 is 38.4 Å². The first kappa shape index (κ1) is 42.3. The van der Waals surface area contributed by atoms with Crippen molar-refractivity contribution in [3.05, 3.63) is 140 Å². The molecule has 0 saturated carbocycles. The zero-order valence-electron chi connectivity index (χ0n) is 34.1. The number of carboxylic acid groups (broad SMARTS) is 1. The van der Waals surface area contributed by atoms with Crippen molar-refractivity contribution in [1.29, 1.82) is 0 Å². The van der Waals surface area contributed by atoms with Gasteiger partial charge in [0.1, 0.15) is 31.0 Å². The Balaban J connectivity index is 1.05. The molecule has 0 aliphatic carbocycles. The largest absolute Gasteiger partial charge is 0.489 e. The second-order valence-corrected chi connectivity index (χ2v) is 17.2. The van der Waals surface area contributed by atoms with Crippen molar-refractivity contribution in [2.45, 2.75) is 78.8 Å². The molecule has 7 rings (SSSR count). The number of carbonyl (C=O) groups is 3. The molecule has 0 spiro atoms. The fourth-order valence-corrected chi connectivity index (χ4v) is 7.48. The van der Waals surface area contributed by atoms with Gasteiger partial charge in [0.05, 0.1) is 23.2 Å². The number of rotatable bonds is 11. The average Bonchev–Trinajstić information content (AvgIpc) is 3.22. The summed E-state index contributed by atoms with van der Waals surface area (Å²) in [6, 6.07) is 23.8. The van der Waals surface area contributed by atoms with E-state index in [9.17, 15) is 19.5 Å². The molecule has 2 amide bonds. The van der Waals surface area contributed by atoms with Crippen LogP contribution in [0, 0.1) is 19.3 Å². The zero-order chi connectivity index (χ0) is 42.7. The van der Waals surface area contributed by atoms with E-state index >= 15 is 0 Å². The first-order valence-corrected chi connectivity index (χ1v) is 20.5. The smallest absolute Gasteiger partial charge is 0.410 e. The number of aliphatic carboxylic acids is 1. The van der Waals surface area contributed by atoms with Crippen LogP contribution in [0.25, 0.3) is 11.1 Å². The molecule has 4 aromatic carbocycles. The third kappa shape index (κ3) is 9.97. The summed E-state index contributed by atoms with van der Waals surface area (Å²) in [5, 5.41) is 13.9. The molecule has 0 fully saturated rings. The van der Waals surface area contributed by atoms with Crippen molar-refractivity contribution in [3.63, 3.8) is 0 Å². The lowest BCUT2D eigenvalue weighted by atomic mass is 9.92. The molecule has 2 N–H and O–H groups in total. The van der Waals surface area contributed by atoms with E-state index in [1.165, 1.54) is 4.90 Å². The molecule has 0 radical (unpaired) electrons. The van der Waals surface area contributed by atoms with Gasteiger partial charge in [-0.15, -0.1) is 0 Å². The summed E-state index contributed by atoms with van der Waals surface area (Å²) < 4.78 is 24.3. The maximum absolute atomic E-state index is 14.1. The van der Waals surface area contributed by atoms with Gasteiger partial charge in [-0.25, -0.2) is 9.59 Å². The molecule has 312 valence electrons. The zero-order valence-corrected chi connectivity index (χ0v) is 35.6. The molecular weight excluding hydrogens is 805 g/mol. The summed E-state index contributed by atoms with van der Waals surface area (Å²) in [5.74, 6) is -0.102. The van der Waals surface area contributed by atoms with Gasteiger partial charge in [-0.2, -0.15) is 0 Å². The van der Waals surface area contributed by atoms with Crippen LogP contribution in [0.15, 0.2) is 91.1 Å². The summed E-state index contributed by atoms with van der Waals surface area (Å²) >= 11 is 12.2. The van der Waals surface area contributed by atoms with Crippen molar-refractivity contribution in [3.8, 4) is 28.4 Å². The van der Waals surface area contributed by atoms with Gasteiger partial charge in [-0.05, 0) is 106 Å². The summed E-state index contributed by atoms with van der Waals surface area (Å²) in [7, 11) is 0. The molecule has 3 heterocycles. The first-order chi connectivity index (χ1) is 28.6. The van der Waals surface area contributed by atoms with Crippen LogP contribution in [0.2, 0.25) is 10.0 Å². The number of nitrogens with one attached hydrogen (secondary N) is 1. The van der Waals surface area contributed by atoms with E-state index in [0.717, 1.165) is 50.2 Å². The number of benzene rings is 4. The van der Waals surface area contributed by atoms with Gasteiger partial charge >= 0.3 is 12.1 Å². The summed E-state index contributed by atoms with van der Waals surface area (Å²) in [6.45, 7) is 10.5. The van der Waals surface area contributed by atoms with E-state index in [1.54, 1.807) is 18.3 Å². The lowest BCUT2D eigenvalue weighted by Crippen LogP contribution is -2.56. The number of fused-ring (bicyclic) bond motifs is 2. The predicted octanol–water partition coefficient (Wildman–Crippen LogP) is 9.49. The number of halogens is 2. The Morgan fingerprint density at radius 1 is 0.917 bits per heavy atom. The van der Waals surface area contributed by atoms with E-state index < -0.39 is 36.2 Å². The van der Waals surface area contributed by atoms with E-state index in [0.29, 0.717) is 33.9 Å². The van der Waals surface area contributed by atoms with Gasteiger partial charge in [-0.1, -0.05) is 86.4 Å². The number of carboxylic acids is 1. The minimum absolute atomic E-state index is 0.0374. The van der Waals surface area contributed by atoms with Crippen molar-refractivity contribution in [2.24, 2.45) is 5.41 Å². The van der Waals surface area contributed by atoms with E-state index in [-0.39, 0.29) is 38.0 Å². The normalized spacial score (nSPS) is 16.4. The molecule has 3 atom stereocenters. The minimum atomic E-state index is -1.25. The molecule has 13 heteroatoms. The molecule has 0 bridgehead atoms. The fourth-order valence-electron chi connectivity index (χ4n) is 7.15. The van der Waals surface area contributed by atoms with Crippen molar-refractivity contribution in [2.75, 3.05) is 13.2 Å². The minimum Gasteiger partial charge on any atom is -0.489 e. The number of ether oxygens (including phenoxy) is 4. The summed E-state index contributed by atoms with van der Waals surface area (Å²) in [5.41, 5.74) is 7.74. The standard InChI is InChI=1S/C47H47Cl2N3O8/c1-27-28(2)50-17-16-36(27)31-9-6-29(7-10-31)19-39(45(54)55)51-44(53)40-20-33-21-41-42(22-34(33)23-52(40)46(56)59-26-47(3,4)5)60-43(25-58-41)32-11-13-35(14-12-32)57-24-30-8-15-37(48)38(49)18-30/h6-18,21-22,39-40,43H,19-20,23-26H2,1-5H3,(H,51,53)(H,54,55)/t39-,40-,43+/m0/s1. The quantitative estimate of drug-likeness (QED) is 0.133. The highest BCUT2D eigenvalue weighted by Gasteiger charge is 2.39.